The molecule has 0 bridgehead atoms. The van der Waals surface area contributed by atoms with Crippen molar-refractivity contribution in [3.05, 3.63) is 56.2 Å². The monoisotopic (exact) mass is 356 g/mol. The van der Waals surface area contributed by atoms with Gasteiger partial charge in [-0.3, -0.25) is 9.69 Å². The molecule has 0 fully saturated rings. The fourth-order valence-electron chi connectivity index (χ4n) is 2.16. The highest BCUT2D eigenvalue weighted by atomic mass is 35.5. The van der Waals surface area contributed by atoms with E-state index in [4.69, 9.17) is 23.2 Å². The molecule has 6 heteroatoms. The normalized spacial score (nSPS) is 12.4. The van der Waals surface area contributed by atoms with E-state index in [1.807, 2.05) is 48.5 Å². The van der Waals surface area contributed by atoms with Crippen molar-refractivity contribution in [1.29, 1.82) is 0 Å². The summed E-state index contributed by atoms with van der Waals surface area (Å²) >= 11 is 13.8. The van der Waals surface area contributed by atoms with Gasteiger partial charge >= 0.3 is 0 Å². The van der Waals surface area contributed by atoms with Crippen LogP contribution in [0.2, 0.25) is 10.0 Å². The molecule has 0 unspecified atom stereocenters. The highest BCUT2D eigenvalue weighted by Gasteiger charge is 2.13. The van der Waals surface area contributed by atoms with Crippen LogP contribution in [0.25, 0.3) is 0 Å². The maximum absolute atomic E-state index is 12.1. The van der Waals surface area contributed by atoms with Gasteiger partial charge in [0, 0.05) is 11.4 Å². The summed E-state index contributed by atoms with van der Waals surface area (Å²) in [6.07, 6.45) is 0. The Balaban J connectivity index is 1.87. The number of amides is 1. The van der Waals surface area contributed by atoms with Crippen molar-refractivity contribution in [1.82, 2.24) is 10.2 Å². The van der Waals surface area contributed by atoms with Gasteiger partial charge in [-0.25, -0.2) is 0 Å². The first-order chi connectivity index (χ1) is 10.5. The van der Waals surface area contributed by atoms with Gasteiger partial charge < -0.3 is 5.32 Å². The molecule has 1 amide bonds. The molecule has 2 aromatic rings. The number of thiophene rings is 1. The molecule has 2 rings (SSSR count). The van der Waals surface area contributed by atoms with Crippen molar-refractivity contribution < 1.29 is 4.79 Å². The molecule has 118 valence electrons. The second kappa shape index (κ2) is 7.97. The van der Waals surface area contributed by atoms with Crippen molar-refractivity contribution >= 4 is 40.4 Å². The first-order valence-electron chi connectivity index (χ1n) is 6.91. The summed E-state index contributed by atoms with van der Waals surface area (Å²) in [6, 6.07) is 9.55. The van der Waals surface area contributed by atoms with E-state index < -0.39 is 0 Å². The van der Waals surface area contributed by atoms with Crippen molar-refractivity contribution in [2.45, 2.75) is 19.5 Å². The minimum absolute atomic E-state index is 0.0125. The summed E-state index contributed by atoms with van der Waals surface area (Å²) in [5.41, 5.74) is 0.913. The van der Waals surface area contributed by atoms with Crippen LogP contribution in [0.4, 0.5) is 0 Å². The molecule has 0 radical (unpaired) electrons. The van der Waals surface area contributed by atoms with Crippen molar-refractivity contribution in [2.75, 3.05) is 13.6 Å². The van der Waals surface area contributed by atoms with Crippen LogP contribution < -0.4 is 5.32 Å². The Hall–Kier alpha value is -1.07. The molecular formula is C16H18Cl2N2OS. The molecule has 1 aromatic carbocycles. The number of rotatable bonds is 6. The van der Waals surface area contributed by atoms with E-state index in [0.29, 0.717) is 23.1 Å². The molecule has 0 aliphatic heterocycles. The van der Waals surface area contributed by atoms with Crippen LogP contribution in [-0.4, -0.2) is 24.4 Å². The number of benzene rings is 1. The third kappa shape index (κ3) is 4.71. The average Bonchev–Trinajstić information content (AvgIpc) is 2.97. The fourth-order valence-corrected chi connectivity index (χ4v) is 3.27. The molecule has 1 N–H and O–H groups in total. The van der Waals surface area contributed by atoms with Crippen LogP contribution >= 0.6 is 34.5 Å². The van der Waals surface area contributed by atoms with E-state index in [1.165, 1.54) is 0 Å². The predicted octanol–water partition coefficient (Wildman–Crippen LogP) is 4.36. The van der Waals surface area contributed by atoms with Crippen LogP contribution in [-0.2, 0) is 11.3 Å². The largest absolute Gasteiger partial charge is 0.348 e. The third-order valence-electron chi connectivity index (χ3n) is 3.23. The Morgan fingerprint density at radius 3 is 2.77 bits per heavy atom. The number of carbonyl (C=O) groups excluding carboxylic acids is 1. The van der Waals surface area contributed by atoms with Crippen molar-refractivity contribution in [2.24, 2.45) is 0 Å². The van der Waals surface area contributed by atoms with Crippen LogP contribution in [0.3, 0.4) is 0 Å². The highest BCUT2D eigenvalue weighted by Crippen LogP contribution is 2.26. The Kier molecular flexibility index (Phi) is 6.26. The molecule has 22 heavy (non-hydrogen) atoms. The lowest BCUT2D eigenvalue weighted by molar-refractivity contribution is -0.122. The van der Waals surface area contributed by atoms with Gasteiger partial charge in [0.05, 0.1) is 22.6 Å². The zero-order valence-corrected chi connectivity index (χ0v) is 14.8. The number of nitrogens with zero attached hydrogens (tertiary/aromatic N) is 1. The van der Waals surface area contributed by atoms with Gasteiger partial charge in [-0.2, -0.15) is 0 Å². The molecule has 3 nitrogen and oxygen atoms in total. The molecule has 1 aromatic heterocycles. The predicted molar refractivity (Wildman–Crippen MR) is 93.7 cm³/mol. The molecule has 1 atom stereocenters. The van der Waals surface area contributed by atoms with Crippen molar-refractivity contribution in [3.63, 3.8) is 0 Å². The maximum Gasteiger partial charge on any atom is 0.234 e. The van der Waals surface area contributed by atoms with Gasteiger partial charge in [-0.05, 0) is 37.0 Å². The van der Waals surface area contributed by atoms with Gasteiger partial charge in [0.1, 0.15) is 0 Å². The van der Waals surface area contributed by atoms with E-state index >= 15 is 0 Å². The fraction of sp³-hybridized carbons (Fsp3) is 0.312. The lowest BCUT2D eigenvalue weighted by atomic mass is 10.2. The molecule has 1 heterocycles. The second-order valence-electron chi connectivity index (χ2n) is 5.19. The maximum atomic E-state index is 12.1. The van der Waals surface area contributed by atoms with E-state index in [1.54, 1.807) is 17.4 Å². The number of carbonyl (C=O) groups is 1. The first kappa shape index (κ1) is 17.3. The Morgan fingerprint density at radius 1 is 1.32 bits per heavy atom. The number of nitrogens with one attached hydrogen (secondary N) is 1. The molecule has 0 aliphatic carbocycles. The Morgan fingerprint density at radius 2 is 2.09 bits per heavy atom. The molecular weight excluding hydrogens is 339 g/mol. The van der Waals surface area contributed by atoms with Gasteiger partial charge in [0.25, 0.3) is 0 Å². The summed E-state index contributed by atoms with van der Waals surface area (Å²) in [4.78, 5) is 15.2. The second-order valence-corrected chi connectivity index (χ2v) is 6.95. The van der Waals surface area contributed by atoms with E-state index in [-0.39, 0.29) is 11.9 Å². The van der Waals surface area contributed by atoms with Crippen LogP contribution in [0.1, 0.15) is 23.4 Å². The Labute approximate surface area is 144 Å². The lowest BCUT2D eigenvalue weighted by Crippen LogP contribution is -2.36. The Bertz CT molecular complexity index is 631. The van der Waals surface area contributed by atoms with E-state index in [2.05, 4.69) is 5.32 Å². The molecule has 0 aliphatic rings. The zero-order chi connectivity index (χ0) is 16.1. The van der Waals surface area contributed by atoms with E-state index in [9.17, 15) is 4.79 Å². The SMILES string of the molecule is C[C@H](NC(=O)CN(C)Cc1cccc(Cl)c1Cl)c1cccs1. The highest BCUT2D eigenvalue weighted by molar-refractivity contribution is 7.10. The van der Waals surface area contributed by atoms with Gasteiger partial charge in [-0.1, -0.05) is 41.4 Å². The summed E-state index contributed by atoms with van der Waals surface area (Å²) < 4.78 is 0. The summed E-state index contributed by atoms with van der Waals surface area (Å²) in [7, 11) is 1.88. The summed E-state index contributed by atoms with van der Waals surface area (Å²) in [5, 5.41) is 6.08. The smallest absolute Gasteiger partial charge is 0.234 e. The zero-order valence-electron chi connectivity index (χ0n) is 12.5. The van der Waals surface area contributed by atoms with E-state index in [0.717, 1.165) is 10.4 Å². The standard InChI is InChI=1S/C16H18Cl2N2OS/c1-11(14-7-4-8-22-14)19-15(21)10-20(2)9-12-5-3-6-13(17)16(12)18/h3-8,11H,9-10H2,1-2H3,(H,19,21)/t11-/m0/s1. The minimum Gasteiger partial charge on any atom is -0.348 e. The third-order valence-corrected chi connectivity index (χ3v) is 5.15. The van der Waals surface area contributed by atoms with Gasteiger partial charge in [-0.15, -0.1) is 11.3 Å². The lowest BCUT2D eigenvalue weighted by Gasteiger charge is -2.19. The molecule has 0 spiro atoms. The first-order valence-corrected chi connectivity index (χ1v) is 8.55. The number of halogens is 2. The topological polar surface area (TPSA) is 32.3 Å². The number of likely N-dealkylation sites (N-methyl/N-ethyl adjacent to an activating group) is 1. The molecule has 0 saturated carbocycles. The van der Waals surface area contributed by atoms with Gasteiger partial charge in [0.15, 0.2) is 0 Å². The number of hydrogen-bond donors (Lipinski definition) is 1. The summed E-state index contributed by atoms with van der Waals surface area (Å²) in [6.45, 7) is 2.86. The average molecular weight is 357 g/mol. The van der Waals surface area contributed by atoms with Crippen LogP contribution in [0.5, 0.6) is 0 Å². The molecule has 0 saturated heterocycles. The quantitative estimate of drug-likeness (QED) is 0.833. The summed E-state index contributed by atoms with van der Waals surface area (Å²) in [5.74, 6) is -0.0125. The minimum atomic E-state index is -0.0125. The van der Waals surface area contributed by atoms with Crippen molar-refractivity contribution in [3.8, 4) is 0 Å². The van der Waals surface area contributed by atoms with Crippen LogP contribution in [0, 0.1) is 0 Å². The number of hydrogen-bond acceptors (Lipinski definition) is 3. The van der Waals surface area contributed by atoms with Crippen LogP contribution in [0.15, 0.2) is 35.7 Å². The van der Waals surface area contributed by atoms with Gasteiger partial charge in [0.2, 0.25) is 5.91 Å².